The average molecular weight is 319 g/mol. The predicted octanol–water partition coefficient (Wildman–Crippen LogP) is 2.12. The molecule has 1 aromatic heterocycles. The third-order valence-electron chi connectivity index (χ3n) is 4.26. The molecule has 1 saturated heterocycles. The van der Waals surface area contributed by atoms with Crippen LogP contribution in [0.1, 0.15) is 44.6 Å². The second kappa shape index (κ2) is 6.00. The van der Waals surface area contributed by atoms with Crippen molar-refractivity contribution in [1.82, 2.24) is 9.88 Å². The van der Waals surface area contributed by atoms with Gasteiger partial charge in [0, 0.05) is 26.2 Å². The maximum absolute atomic E-state index is 12.1. The summed E-state index contributed by atoms with van der Waals surface area (Å²) in [7, 11) is 0. The summed E-state index contributed by atoms with van der Waals surface area (Å²) in [6.45, 7) is 8.32. The van der Waals surface area contributed by atoms with E-state index in [-0.39, 0.29) is 6.09 Å². The van der Waals surface area contributed by atoms with Gasteiger partial charge in [-0.25, -0.2) is 9.78 Å². The lowest BCUT2D eigenvalue weighted by Gasteiger charge is -2.36. The predicted molar refractivity (Wildman–Crippen MR) is 87.5 cm³/mol. The van der Waals surface area contributed by atoms with Crippen molar-refractivity contribution >= 4 is 11.9 Å². The van der Waals surface area contributed by atoms with Crippen molar-refractivity contribution < 1.29 is 14.6 Å². The van der Waals surface area contributed by atoms with Crippen LogP contribution in [0.2, 0.25) is 0 Å². The number of nitrogens with zero attached hydrogens (tertiary/aromatic N) is 3. The molecule has 6 heteroatoms. The van der Waals surface area contributed by atoms with Crippen molar-refractivity contribution in [3.63, 3.8) is 0 Å². The van der Waals surface area contributed by atoms with Gasteiger partial charge in [0.05, 0.1) is 11.8 Å². The van der Waals surface area contributed by atoms with E-state index in [0.717, 1.165) is 43.0 Å². The van der Waals surface area contributed by atoms with Gasteiger partial charge in [-0.05, 0) is 45.2 Å². The van der Waals surface area contributed by atoms with Gasteiger partial charge in [0.15, 0.2) is 0 Å². The molecule has 126 valence electrons. The number of carbonyl (C=O) groups is 1. The first kappa shape index (κ1) is 16.1. The minimum atomic E-state index is -0.466. The van der Waals surface area contributed by atoms with E-state index in [0.29, 0.717) is 13.1 Å². The number of pyridine rings is 1. The summed E-state index contributed by atoms with van der Waals surface area (Å²) >= 11 is 0. The number of hydrogen-bond donors (Lipinski definition) is 1. The van der Waals surface area contributed by atoms with Gasteiger partial charge >= 0.3 is 6.09 Å². The molecule has 2 heterocycles. The Morgan fingerprint density at radius 3 is 2.61 bits per heavy atom. The Kier molecular flexibility index (Phi) is 4.19. The Bertz CT molecular complexity index is 589. The molecule has 0 bridgehead atoms. The number of piperazine rings is 1. The van der Waals surface area contributed by atoms with Crippen LogP contribution in [0.5, 0.6) is 0 Å². The van der Waals surface area contributed by atoms with Crippen LogP contribution in [-0.4, -0.2) is 52.9 Å². The number of rotatable bonds is 1. The van der Waals surface area contributed by atoms with Gasteiger partial charge in [0.2, 0.25) is 0 Å². The molecule has 0 unspecified atom stereocenters. The summed E-state index contributed by atoms with van der Waals surface area (Å²) in [5.74, 6) is 0.883. The van der Waals surface area contributed by atoms with E-state index in [1.165, 1.54) is 0 Å². The molecule has 1 atom stereocenters. The fourth-order valence-corrected chi connectivity index (χ4v) is 3.04. The van der Waals surface area contributed by atoms with Gasteiger partial charge < -0.3 is 19.6 Å². The topological polar surface area (TPSA) is 65.9 Å². The Hall–Kier alpha value is -1.82. The number of anilines is 1. The van der Waals surface area contributed by atoms with Crippen LogP contribution in [0.25, 0.3) is 0 Å². The van der Waals surface area contributed by atoms with Crippen LogP contribution in [0.3, 0.4) is 0 Å². The van der Waals surface area contributed by atoms with Crippen LogP contribution in [0.4, 0.5) is 10.6 Å². The first-order chi connectivity index (χ1) is 10.8. The molecular formula is C17H25N3O3. The van der Waals surface area contributed by atoms with Gasteiger partial charge in [0.25, 0.3) is 0 Å². The molecule has 23 heavy (non-hydrogen) atoms. The van der Waals surface area contributed by atoms with Crippen LogP contribution in [0, 0.1) is 0 Å². The second-order valence-electron chi connectivity index (χ2n) is 7.22. The molecule has 0 spiro atoms. The van der Waals surface area contributed by atoms with Gasteiger partial charge in [-0.2, -0.15) is 0 Å². The molecule has 3 rings (SSSR count). The zero-order chi connectivity index (χ0) is 16.6. The van der Waals surface area contributed by atoms with Crippen LogP contribution in [-0.2, 0) is 11.2 Å². The maximum Gasteiger partial charge on any atom is 0.410 e. The van der Waals surface area contributed by atoms with E-state index < -0.39 is 11.7 Å². The number of amides is 1. The molecule has 1 aliphatic heterocycles. The highest BCUT2D eigenvalue weighted by molar-refractivity contribution is 5.68. The van der Waals surface area contributed by atoms with E-state index in [4.69, 9.17) is 4.74 Å². The lowest BCUT2D eigenvalue weighted by Crippen LogP contribution is -2.50. The van der Waals surface area contributed by atoms with Crippen molar-refractivity contribution in [3.8, 4) is 0 Å². The number of hydrogen-bond acceptors (Lipinski definition) is 5. The Morgan fingerprint density at radius 2 is 1.96 bits per heavy atom. The third kappa shape index (κ3) is 3.58. The summed E-state index contributed by atoms with van der Waals surface area (Å²) in [4.78, 5) is 20.6. The summed E-state index contributed by atoms with van der Waals surface area (Å²) in [6.07, 6.45) is 0.969. The Balaban J connectivity index is 1.61. The lowest BCUT2D eigenvalue weighted by molar-refractivity contribution is 0.0240. The highest BCUT2D eigenvalue weighted by Crippen LogP contribution is 2.31. The standard InChI is InChI=1S/C17H25N3O3/c1-17(2,3)23-16(22)20-10-8-19(9-11-20)14-7-5-12-4-6-13(21)15(12)18-14/h5,7,13,21H,4,6,8-11H2,1-3H3/t13-/m0/s1. The largest absolute Gasteiger partial charge is 0.444 e. The number of aliphatic hydroxyl groups excluding tert-OH is 1. The molecule has 0 radical (unpaired) electrons. The number of aromatic nitrogens is 1. The molecule has 2 aliphatic rings. The maximum atomic E-state index is 12.1. The van der Waals surface area contributed by atoms with Gasteiger partial charge in [0.1, 0.15) is 11.4 Å². The number of carbonyl (C=O) groups excluding carboxylic acids is 1. The fraction of sp³-hybridized carbons (Fsp3) is 0.647. The van der Waals surface area contributed by atoms with Crippen LogP contribution in [0.15, 0.2) is 12.1 Å². The van der Waals surface area contributed by atoms with E-state index in [9.17, 15) is 9.90 Å². The Morgan fingerprint density at radius 1 is 1.26 bits per heavy atom. The lowest BCUT2D eigenvalue weighted by atomic mass is 10.2. The number of ether oxygens (including phenoxy) is 1. The summed E-state index contributed by atoms with van der Waals surface area (Å²) in [5.41, 5.74) is 1.50. The van der Waals surface area contributed by atoms with Crippen molar-refractivity contribution in [2.75, 3.05) is 31.1 Å². The molecule has 1 fully saturated rings. The van der Waals surface area contributed by atoms with Crippen LogP contribution >= 0.6 is 0 Å². The molecule has 1 amide bonds. The van der Waals surface area contributed by atoms with Gasteiger partial charge in [-0.3, -0.25) is 0 Å². The normalized spacial score (nSPS) is 21.3. The first-order valence-electron chi connectivity index (χ1n) is 8.24. The molecular weight excluding hydrogens is 294 g/mol. The first-order valence-corrected chi connectivity index (χ1v) is 8.24. The van der Waals surface area contributed by atoms with E-state index >= 15 is 0 Å². The zero-order valence-corrected chi connectivity index (χ0v) is 14.1. The highest BCUT2D eigenvalue weighted by Gasteiger charge is 2.28. The second-order valence-corrected chi connectivity index (χ2v) is 7.22. The Labute approximate surface area is 137 Å². The van der Waals surface area contributed by atoms with Gasteiger partial charge in [-0.15, -0.1) is 0 Å². The smallest absolute Gasteiger partial charge is 0.410 e. The van der Waals surface area contributed by atoms with Gasteiger partial charge in [-0.1, -0.05) is 6.07 Å². The molecule has 0 aromatic carbocycles. The quantitative estimate of drug-likeness (QED) is 0.859. The monoisotopic (exact) mass is 319 g/mol. The van der Waals surface area contributed by atoms with E-state index in [1.807, 2.05) is 26.8 Å². The van der Waals surface area contributed by atoms with Crippen molar-refractivity contribution in [1.29, 1.82) is 0 Å². The van der Waals surface area contributed by atoms with Crippen molar-refractivity contribution in [2.24, 2.45) is 0 Å². The summed E-state index contributed by atoms with van der Waals surface area (Å²) in [5, 5.41) is 9.98. The van der Waals surface area contributed by atoms with E-state index in [2.05, 4.69) is 16.0 Å². The summed E-state index contributed by atoms with van der Waals surface area (Å²) < 4.78 is 5.41. The third-order valence-corrected chi connectivity index (χ3v) is 4.26. The highest BCUT2D eigenvalue weighted by atomic mass is 16.6. The number of aliphatic hydroxyl groups is 1. The van der Waals surface area contributed by atoms with Crippen molar-refractivity contribution in [3.05, 3.63) is 23.4 Å². The number of fused-ring (bicyclic) bond motifs is 1. The zero-order valence-electron chi connectivity index (χ0n) is 14.1. The minimum absolute atomic E-state index is 0.255. The molecule has 1 aromatic rings. The summed E-state index contributed by atoms with van der Waals surface area (Å²) in [6, 6.07) is 4.08. The fourth-order valence-electron chi connectivity index (χ4n) is 3.04. The SMILES string of the molecule is CC(C)(C)OC(=O)N1CCN(c2ccc3c(n2)[C@@H](O)CC3)CC1. The van der Waals surface area contributed by atoms with Crippen molar-refractivity contribution in [2.45, 2.75) is 45.3 Å². The number of aryl methyl sites for hydroxylation is 1. The van der Waals surface area contributed by atoms with Crippen LogP contribution < -0.4 is 4.90 Å². The molecule has 0 saturated carbocycles. The molecule has 1 N–H and O–H groups in total. The van der Waals surface area contributed by atoms with E-state index in [1.54, 1.807) is 4.90 Å². The average Bonchev–Trinajstić information content (AvgIpc) is 2.87. The molecule has 1 aliphatic carbocycles. The minimum Gasteiger partial charge on any atom is -0.444 e. The molecule has 6 nitrogen and oxygen atoms in total.